The summed E-state index contributed by atoms with van der Waals surface area (Å²) in [7, 11) is -3.99. The highest BCUT2D eigenvalue weighted by atomic mass is 32.2. The van der Waals surface area contributed by atoms with E-state index in [1.54, 1.807) is 0 Å². The molecule has 0 spiro atoms. The van der Waals surface area contributed by atoms with E-state index in [2.05, 4.69) is 0 Å². The van der Waals surface area contributed by atoms with E-state index in [1.165, 1.54) is 24.3 Å². The predicted molar refractivity (Wildman–Crippen MR) is 69.3 cm³/mol. The molecule has 2 N–H and O–H groups in total. The second-order valence-corrected chi connectivity index (χ2v) is 6.81. The van der Waals surface area contributed by atoms with Crippen molar-refractivity contribution in [2.24, 2.45) is 0 Å². The molecule has 0 atom stereocenters. The van der Waals surface area contributed by atoms with E-state index in [0.717, 1.165) is 0 Å². The number of benzene rings is 1. The molecule has 1 saturated carbocycles. The number of nitrogens with two attached hydrogens (primary N) is 1. The average molecular weight is 308 g/mol. The number of halogens is 3. The maximum Gasteiger partial charge on any atom is 0.402 e. The third-order valence-corrected chi connectivity index (χ3v) is 4.82. The van der Waals surface area contributed by atoms with E-state index in [9.17, 15) is 21.6 Å². The Kier molecular flexibility index (Phi) is 3.97. The third kappa shape index (κ3) is 4.11. The maximum absolute atomic E-state index is 12.5. The Bertz CT molecular complexity index is 565. The Hall–Kier alpha value is -1.28. The summed E-state index contributed by atoms with van der Waals surface area (Å²) >= 11 is 0. The van der Waals surface area contributed by atoms with Crippen molar-refractivity contribution < 1.29 is 21.6 Å². The topological polar surface area (TPSA) is 63.4 Å². The van der Waals surface area contributed by atoms with Gasteiger partial charge in [0.05, 0.1) is 5.75 Å². The van der Waals surface area contributed by atoms with E-state index in [1.807, 2.05) is 0 Å². The largest absolute Gasteiger partial charge is 0.402 e. The first-order valence-electron chi connectivity index (χ1n) is 6.08. The van der Waals surface area contributed by atoms with Gasteiger partial charge in [-0.1, -0.05) is 12.1 Å². The van der Waals surface area contributed by atoms with Crippen LogP contribution in [0, 0.1) is 0 Å². The number of alkyl halides is 3. The van der Waals surface area contributed by atoms with Crippen LogP contribution >= 0.6 is 0 Å². The summed E-state index contributed by atoms with van der Waals surface area (Å²) in [6.07, 6.45) is -3.56. The molecular weight excluding hydrogens is 293 g/mol. The standard InChI is InChI=1S/C12H15F3N2O2S/c13-12(14,15)8-17(11-5-6-11)20(18,19)7-9-1-3-10(16)4-2-9/h1-4,11H,5-8,16H2. The number of anilines is 1. The van der Waals surface area contributed by atoms with Gasteiger partial charge in [0.25, 0.3) is 0 Å². The molecule has 1 aromatic rings. The lowest BCUT2D eigenvalue weighted by molar-refractivity contribution is -0.137. The molecule has 2 rings (SSSR count). The first-order chi connectivity index (χ1) is 9.17. The van der Waals surface area contributed by atoms with Gasteiger partial charge < -0.3 is 5.73 Å². The zero-order chi connectivity index (χ0) is 15.0. The van der Waals surface area contributed by atoms with Crippen molar-refractivity contribution in [2.45, 2.75) is 30.8 Å². The molecule has 1 aromatic carbocycles. The Morgan fingerprint density at radius 3 is 2.20 bits per heavy atom. The Morgan fingerprint density at radius 2 is 1.75 bits per heavy atom. The Labute approximate surface area is 115 Å². The first kappa shape index (κ1) is 15.1. The molecule has 0 saturated heterocycles. The van der Waals surface area contributed by atoms with Gasteiger partial charge in [-0.05, 0) is 30.5 Å². The van der Waals surface area contributed by atoms with Gasteiger partial charge in [-0.15, -0.1) is 0 Å². The smallest absolute Gasteiger partial charge is 0.399 e. The molecule has 0 unspecified atom stereocenters. The monoisotopic (exact) mass is 308 g/mol. The first-order valence-corrected chi connectivity index (χ1v) is 7.69. The van der Waals surface area contributed by atoms with Gasteiger partial charge in [0, 0.05) is 11.7 Å². The van der Waals surface area contributed by atoms with E-state index >= 15 is 0 Å². The van der Waals surface area contributed by atoms with Crippen LogP contribution in [0.4, 0.5) is 18.9 Å². The van der Waals surface area contributed by atoms with Gasteiger partial charge in [-0.25, -0.2) is 8.42 Å². The van der Waals surface area contributed by atoms with Crippen LogP contribution in [-0.2, 0) is 15.8 Å². The van der Waals surface area contributed by atoms with E-state index in [0.29, 0.717) is 28.4 Å². The minimum atomic E-state index is -4.53. The van der Waals surface area contributed by atoms with Crippen LogP contribution in [0.5, 0.6) is 0 Å². The molecule has 112 valence electrons. The highest BCUT2D eigenvalue weighted by molar-refractivity contribution is 7.88. The summed E-state index contributed by atoms with van der Waals surface area (Å²) in [6, 6.07) is 5.54. The third-order valence-electron chi connectivity index (χ3n) is 2.98. The van der Waals surface area contributed by atoms with Crippen molar-refractivity contribution in [2.75, 3.05) is 12.3 Å². The minimum Gasteiger partial charge on any atom is -0.399 e. The van der Waals surface area contributed by atoms with Crippen molar-refractivity contribution in [1.29, 1.82) is 0 Å². The lowest BCUT2D eigenvalue weighted by atomic mass is 10.2. The number of sulfonamides is 1. The molecule has 8 heteroatoms. The molecule has 0 aromatic heterocycles. The second kappa shape index (κ2) is 5.25. The number of nitrogen functional groups attached to an aromatic ring is 1. The summed E-state index contributed by atoms with van der Waals surface area (Å²) in [5.74, 6) is -0.445. The lowest BCUT2D eigenvalue weighted by Crippen LogP contribution is -2.41. The fourth-order valence-electron chi connectivity index (χ4n) is 1.90. The van der Waals surface area contributed by atoms with Gasteiger partial charge in [0.15, 0.2) is 0 Å². The van der Waals surface area contributed by atoms with Crippen LogP contribution in [0.3, 0.4) is 0 Å². The van der Waals surface area contributed by atoms with Gasteiger partial charge in [0.1, 0.15) is 6.54 Å². The van der Waals surface area contributed by atoms with Crippen LogP contribution in [-0.4, -0.2) is 31.5 Å². The average Bonchev–Trinajstić information content (AvgIpc) is 3.11. The highest BCUT2D eigenvalue weighted by Gasteiger charge is 2.43. The van der Waals surface area contributed by atoms with Crippen molar-refractivity contribution in [3.8, 4) is 0 Å². The van der Waals surface area contributed by atoms with E-state index in [4.69, 9.17) is 5.73 Å². The molecule has 1 fully saturated rings. The van der Waals surface area contributed by atoms with Crippen molar-refractivity contribution in [1.82, 2.24) is 4.31 Å². The predicted octanol–water partition coefficient (Wildman–Crippen LogP) is 2.13. The number of hydrogen-bond donors (Lipinski definition) is 1. The summed E-state index contributed by atoms with van der Waals surface area (Å²) in [6.45, 7) is -1.42. The Morgan fingerprint density at radius 1 is 1.20 bits per heavy atom. The quantitative estimate of drug-likeness (QED) is 0.848. The maximum atomic E-state index is 12.5. The molecular formula is C12H15F3N2O2S. The van der Waals surface area contributed by atoms with Gasteiger partial charge in [-0.2, -0.15) is 17.5 Å². The zero-order valence-corrected chi connectivity index (χ0v) is 11.4. The number of nitrogens with zero attached hydrogens (tertiary/aromatic N) is 1. The summed E-state index contributed by atoms with van der Waals surface area (Å²) in [4.78, 5) is 0. The molecule has 0 bridgehead atoms. The summed E-state index contributed by atoms with van der Waals surface area (Å²) < 4.78 is 62.3. The summed E-state index contributed by atoms with van der Waals surface area (Å²) in [5, 5.41) is 0. The molecule has 1 aliphatic carbocycles. The fourth-order valence-corrected chi connectivity index (χ4v) is 3.69. The normalized spacial score (nSPS) is 16.6. The van der Waals surface area contributed by atoms with E-state index < -0.39 is 34.5 Å². The van der Waals surface area contributed by atoms with Gasteiger partial charge in [0.2, 0.25) is 10.0 Å². The van der Waals surface area contributed by atoms with Crippen molar-refractivity contribution >= 4 is 15.7 Å². The molecule has 4 nitrogen and oxygen atoms in total. The minimum absolute atomic E-state index is 0.423. The van der Waals surface area contributed by atoms with Crippen LogP contribution in [0.1, 0.15) is 18.4 Å². The molecule has 20 heavy (non-hydrogen) atoms. The molecule has 0 heterocycles. The van der Waals surface area contributed by atoms with Crippen LogP contribution < -0.4 is 5.73 Å². The van der Waals surface area contributed by atoms with E-state index in [-0.39, 0.29) is 0 Å². The lowest BCUT2D eigenvalue weighted by Gasteiger charge is -2.23. The molecule has 0 radical (unpaired) electrons. The Balaban J connectivity index is 2.16. The summed E-state index contributed by atoms with van der Waals surface area (Å²) in [5.41, 5.74) is 6.38. The second-order valence-electron chi connectivity index (χ2n) is 4.89. The zero-order valence-electron chi connectivity index (χ0n) is 10.6. The highest BCUT2D eigenvalue weighted by Crippen LogP contribution is 2.33. The molecule has 1 aliphatic rings. The van der Waals surface area contributed by atoms with Crippen molar-refractivity contribution in [3.05, 3.63) is 29.8 Å². The van der Waals surface area contributed by atoms with Crippen molar-refractivity contribution in [3.63, 3.8) is 0 Å². The fraction of sp³-hybridized carbons (Fsp3) is 0.500. The molecule has 0 aliphatic heterocycles. The molecule has 0 amide bonds. The van der Waals surface area contributed by atoms with Gasteiger partial charge in [-0.3, -0.25) is 0 Å². The van der Waals surface area contributed by atoms with Crippen LogP contribution in [0.15, 0.2) is 24.3 Å². The number of hydrogen-bond acceptors (Lipinski definition) is 3. The van der Waals surface area contributed by atoms with Gasteiger partial charge >= 0.3 is 6.18 Å². The van der Waals surface area contributed by atoms with Crippen LogP contribution in [0.2, 0.25) is 0 Å². The number of rotatable bonds is 5. The van der Waals surface area contributed by atoms with Crippen LogP contribution in [0.25, 0.3) is 0 Å². The SMILES string of the molecule is Nc1ccc(CS(=O)(=O)N(CC(F)(F)F)C2CC2)cc1.